The second-order valence-corrected chi connectivity index (χ2v) is 4.28. The molecular formula is C10H6Cl3NO3. The molecule has 2 aromatic rings. The first-order valence-electron chi connectivity index (χ1n) is 4.48. The van der Waals surface area contributed by atoms with Gasteiger partial charge in [0.15, 0.2) is 5.75 Å². The Bertz CT molecular complexity index is 542. The maximum Gasteiger partial charge on any atom is 0.399 e. The lowest BCUT2D eigenvalue weighted by molar-refractivity contribution is 0.276. The minimum absolute atomic E-state index is 0.0330. The van der Waals surface area contributed by atoms with Gasteiger partial charge in [0.25, 0.3) is 0 Å². The normalized spacial score (nSPS) is 10.6. The molecule has 4 nitrogen and oxygen atoms in total. The summed E-state index contributed by atoms with van der Waals surface area (Å²) in [7, 11) is 0. The largest absolute Gasteiger partial charge is 0.417 e. The summed E-state index contributed by atoms with van der Waals surface area (Å²) < 4.78 is 10.2. The molecule has 2 rings (SSSR count). The van der Waals surface area contributed by atoms with Crippen molar-refractivity contribution in [3.8, 4) is 11.8 Å². The van der Waals surface area contributed by atoms with E-state index in [-0.39, 0.29) is 23.5 Å². The van der Waals surface area contributed by atoms with Crippen molar-refractivity contribution in [1.82, 2.24) is 4.98 Å². The molecule has 0 radical (unpaired) electrons. The van der Waals surface area contributed by atoms with Gasteiger partial charge in [-0.05, 0) is 6.07 Å². The molecule has 90 valence electrons. The Hall–Kier alpha value is -0.940. The van der Waals surface area contributed by atoms with Gasteiger partial charge in [-0.1, -0.05) is 34.8 Å². The van der Waals surface area contributed by atoms with Gasteiger partial charge in [-0.25, -0.2) is 0 Å². The Morgan fingerprint density at radius 3 is 2.53 bits per heavy atom. The van der Waals surface area contributed by atoms with Crippen molar-refractivity contribution in [3.63, 3.8) is 0 Å². The van der Waals surface area contributed by atoms with Crippen molar-refractivity contribution in [2.45, 2.75) is 6.61 Å². The standard InChI is InChI=1S/C10H6Cl3NO3/c11-6-1-8(13)9(2-7(6)12)17-10-14-5(3-15)4-16-10/h1-2,4,15H,3H2. The van der Waals surface area contributed by atoms with Crippen molar-refractivity contribution in [3.05, 3.63) is 39.2 Å². The van der Waals surface area contributed by atoms with Crippen molar-refractivity contribution >= 4 is 34.8 Å². The molecule has 17 heavy (non-hydrogen) atoms. The number of rotatable bonds is 3. The number of halogens is 3. The van der Waals surface area contributed by atoms with E-state index in [1.165, 1.54) is 18.4 Å². The summed E-state index contributed by atoms with van der Waals surface area (Å²) in [4.78, 5) is 3.84. The van der Waals surface area contributed by atoms with Gasteiger partial charge in [0, 0.05) is 6.07 Å². The van der Waals surface area contributed by atoms with E-state index < -0.39 is 0 Å². The number of aliphatic hydroxyl groups is 1. The molecule has 1 aromatic heterocycles. The third-order valence-corrected chi connectivity index (χ3v) is 2.88. The molecule has 1 N–H and O–H groups in total. The van der Waals surface area contributed by atoms with Crippen molar-refractivity contribution in [2.24, 2.45) is 0 Å². The Balaban J connectivity index is 2.26. The smallest absolute Gasteiger partial charge is 0.399 e. The van der Waals surface area contributed by atoms with Gasteiger partial charge in [0.2, 0.25) is 0 Å². The van der Waals surface area contributed by atoms with E-state index >= 15 is 0 Å². The van der Waals surface area contributed by atoms with Gasteiger partial charge < -0.3 is 14.3 Å². The SMILES string of the molecule is OCc1coc(Oc2cc(Cl)c(Cl)cc2Cl)n1. The Morgan fingerprint density at radius 1 is 1.18 bits per heavy atom. The maximum atomic E-state index is 8.81. The fourth-order valence-corrected chi connectivity index (χ4v) is 1.66. The lowest BCUT2D eigenvalue weighted by Crippen LogP contribution is -1.87. The summed E-state index contributed by atoms with van der Waals surface area (Å²) in [5.41, 5.74) is 0.358. The highest BCUT2D eigenvalue weighted by atomic mass is 35.5. The number of nitrogens with zero attached hydrogens (tertiary/aromatic N) is 1. The third-order valence-electron chi connectivity index (χ3n) is 1.86. The molecule has 0 spiro atoms. The zero-order chi connectivity index (χ0) is 12.4. The van der Waals surface area contributed by atoms with Gasteiger partial charge in [0.1, 0.15) is 12.0 Å². The Labute approximate surface area is 112 Å². The molecule has 0 atom stereocenters. The fourth-order valence-electron chi connectivity index (χ4n) is 1.08. The summed E-state index contributed by atoms with van der Waals surface area (Å²) >= 11 is 17.5. The molecule has 1 aromatic carbocycles. The topological polar surface area (TPSA) is 55.5 Å². The molecule has 0 saturated carbocycles. The van der Waals surface area contributed by atoms with Crippen LogP contribution in [0.2, 0.25) is 15.1 Å². The summed E-state index contributed by atoms with van der Waals surface area (Å²) in [5, 5.41) is 9.72. The molecule has 0 unspecified atom stereocenters. The first kappa shape index (κ1) is 12.5. The van der Waals surface area contributed by atoms with Gasteiger partial charge in [-0.15, -0.1) is 0 Å². The van der Waals surface area contributed by atoms with Crippen molar-refractivity contribution in [1.29, 1.82) is 0 Å². The zero-order valence-corrected chi connectivity index (χ0v) is 10.6. The quantitative estimate of drug-likeness (QED) is 0.872. The maximum absolute atomic E-state index is 8.81. The van der Waals surface area contributed by atoms with Crippen LogP contribution in [0.4, 0.5) is 0 Å². The number of benzene rings is 1. The third kappa shape index (κ3) is 2.84. The molecule has 0 saturated heterocycles. The van der Waals surface area contributed by atoms with Crippen molar-refractivity contribution in [2.75, 3.05) is 0 Å². The van der Waals surface area contributed by atoms with Crippen LogP contribution < -0.4 is 4.74 Å². The van der Waals surface area contributed by atoms with Gasteiger partial charge in [-0.2, -0.15) is 4.98 Å². The average Bonchev–Trinajstić information content (AvgIpc) is 2.73. The molecule has 0 aliphatic heterocycles. The molecule has 0 fully saturated rings. The van der Waals surface area contributed by atoms with Crippen LogP contribution in [-0.4, -0.2) is 10.1 Å². The lowest BCUT2D eigenvalue weighted by atomic mass is 10.3. The van der Waals surface area contributed by atoms with E-state index in [0.717, 1.165) is 0 Å². The predicted molar refractivity (Wildman–Crippen MR) is 64.0 cm³/mol. The molecular weight excluding hydrogens is 288 g/mol. The van der Waals surface area contributed by atoms with E-state index in [4.69, 9.17) is 49.1 Å². The van der Waals surface area contributed by atoms with Crippen LogP contribution in [0.5, 0.6) is 11.8 Å². The molecule has 0 aliphatic carbocycles. The molecule has 0 aliphatic rings. The van der Waals surface area contributed by atoms with Gasteiger partial charge in [-0.3, -0.25) is 0 Å². The van der Waals surface area contributed by atoms with E-state index in [0.29, 0.717) is 15.7 Å². The van der Waals surface area contributed by atoms with Crippen molar-refractivity contribution < 1.29 is 14.3 Å². The van der Waals surface area contributed by atoms with Crippen LogP contribution in [0, 0.1) is 0 Å². The Morgan fingerprint density at radius 2 is 1.88 bits per heavy atom. The number of hydrogen-bond acceptors (Lipinski definition) is 4. The van der Waals surface area contributed by atoms with E-state index in [1.54, 1.807) is 0 Å². The van der Waals surface area contributed by atoms with Crippen LogP contribution in [0.15, 0.2) is 22.8 Å². The Kier molecular flexibility index (Phi) is 3.79. The number of aromatic nitrogens is 1. The minimum Gasteiger partial charge on any atom is -0.417 e. The zero-order valence-electron chi connectivity index (χ0n) is 8.28. The second-order valence-electron chi connectivity index (χ2n) is 3.06. The fraction of sp³-hybridized carbons (Fsp3) is 0.100. The molecule has 0 bridgehead atoms. The van der Waals surface area contributed by atoms with E-state index in [2.05, 4.69) is 4.98 Å². The van der Waals surface area contributed by atoms with Crippen LogP contribution >= 0.6 is 34.8 Å². The highest BCUT2D eigenvalue weighted by Gasteiger charge is 2.11. The second kappa shape index (κ2) is 5.14. The van der Waals surface area contributed by atoms with Crippen LogP contribution in [0.25, 0.3) is 0 Å². The number of aliphatic hydroxyl groups excluding tert-OH is 1. The number of hydrogen-bond donors (Lipinski definition) is 1. The monoisotopic (exact) mass is 293 g/mol. The van der Waals surface area contributed by atoms with Gasteiger partial charge >= 0.3 is 6.08 Å². The number of ether oxygens (including phenoxy) is 1. The molecule has 1 heterocycles. The van der Waals surface area contributed by atoms with E-state index in [9.17, 15) is 0 Å². The number of oxazole rings is 1. The van der Waals surface area contributed by atoms with Gasteiger partial charge in [0.05, 0.1) is 21.7 Å². The first-order chi connectivity index (χ1) is 8.10. The highest BCUT2D eigenvalue weighted by Crippen LogP contribution is 2.36. The van der Waals surface area contributed by atoms with E-state index in [1.807, 2.05) is 0 Å². The average molecular weight is 295 g/mol. The molecule has 0 amide bonds. The lowest BCUT2D eigenvalue weighted by Gasteiger charge is -2.04. The molecule has 7 heteroatoms. The predicted octanol–water partition coefficient (Wildman–Crippen LogP) is 3.92. The highest BCUT2D eigenvalue weighted by molar-refractivity contribution is 6.43. The summed E-state index contributed by atoms with van der Waals surface area (Å²) in [6, 6.07) is 2.91. The summed E-state index contributed by atoms with van der Waals surface area (Å²) in [5.74, 6) is 0.271. The minimum atomic E-state index is -0.234. The first-order valence-corrected chi connectivity index (χ1v) is 5.61. The summed E-state index contributed by atoms with van der Waals surface area (Å²) in [6.45, 7) is -0.234. The van der Waals surface area contributed by atoms with Crippen LogP contribution in [-0.2, 0) is 6.61 Å². The summed E-state index contributed by atoms with van der Waals surface area (Å²) in [6.07, 6.45) is 1.25. The van der Waals surface area contributed by atoms with Crippen LogP contribution in [0.1, 0.15) is 5.69 Å². The van der Waals surface area contributed by atoms with Crippen LogP contribution in [0.3, 0.4) is 0 Å².